The number of nitrogens with zero attached hydrogens (tertiary/aromatic N) is 2. The van der Waals surface area contributed by atoms with Gasteiger partial charge in [0, 0.05) is 22.0 Å². The predicted molar refractivity (Wildman–Crippen MR) is 85.2 cm³/mol. The van der Waals surface area contributed by atoms with Gasteiger partial charge in [-0.1, -0.05) is 41.9 Å². The number of hydrogen-bond acceptors (Lipinski definition) is 4. The van der Waals surface area contributed by atoms with Crippen molar-refractivity contribution in [3.63, 3.8) is 0 Å². The molecule has 1 heterocycles. The molecule has 4 N–H and O–H groups in total. The summed E-state index contributed by atoms with van der Waals surface area (Å²) < 4.78 is 0. The van der Waals surface area contributed by atoms with Gasteiger partial charge in [0.25, 0.3) is 0 Å². The summed E-state index contributed by atoms with van der Waals surface area (Å²) in [5.41, 5.74) is 0.946. The van der Waals surface area contributed by atoms with E-state index >= 15 is 0 Å². The molecule has 7 nitrogen and oxygen atoms in total. The molecule has 0 aliphatic rings. The van der Waals surface area contributed by atoms with Crippen LogP contribution in [0.5, 0.6) is 0 Å². The zero-order valence-corrected chi connectivity index (χ0v) is 15.2. The molecular weight excluding hydrogens is 526 g/mol. The average molecular weight is 538 g/mol. The van der Waals surface area contributed by atoms with Gasteiger partial charge in [0.1, 0.15) is 0 Å². The van der Waals surface area contributed by atoms with Crippen LogP contribution >= 0.6 is 11.6 Å². The molecule has 23 heavy (non-hydrogen) atoms. The summed E-state index contributed by atoms with van der Waals surface area (Å²) >= 11 is 5.93. The zero-order valence-electron chi connectivity index (χ0n) is 11.5. The van der Waals surface area contributed by atoms with Crippen LogP contribution in [0.2, 0.25) is 5.02 Å². The van der Waals surface area contributed by atoms with Crippen LogP contribution in [0, 0.1) is 15.3 Å². The summed E-state index contributed by atoms with van der Waals surface area (Å²) in [4.78, 5) is 12.6. The van der Waals surface area contributed by atoms with Crippen LogP contribution in [0.15, 0.2) is 48.7 Å². The Morgan fingerprint density at radius 1 is 1.00 bits per heavy atom. The molecule has 1 aromatic heterocycles. The van der Waals surface area contributed by atoms with Gasteiger partial charge in [0.2, 0.25) is 0 Å². The van der Waals surface area contributed by atoms with E-state index in [0.29, 0.717) is 0 Å². The second kappa shape index (κ2) is 12.0. The third-order valence-electron chi connectivity index (χ3n) is 2.55. The Kier molecular flexibility index (Phi) is 13.8. The van der Waals surface area contributed by atoms with Crippen molar-refractivity contribution in [3.8, 4) is 0 Å². The van der Waals surface area contributed by atoms with Crippen LogP contribution in [0.4, 0.5) is 0 Å². The first kappa shape index (κ1) is 26.4. The SMILES string of the molecule is Clc1ccc2c(c1)ncc1ccccc12.O=[N+]([O-])[O-].[Cl-].[NH2-].[NH2-].[Pt+4]. The molecule has 0 saturated carbocycles. The fourth-order valence-corrected chi connectivity index (χ4v) is 2.00. The van der Waals surface area contributed by atoms with E-state index < -0.39 is 5.09 Å². The quantitative estimate of drug-likeness (QED) is 0.245. The zero-order chi connectivity index (χ0) is 13.8. The van der Waals surface area contributed by atoms with Crippen LogP contribution in [0.25, 0.3) is 34.0 Å². The number of nitrogens with two attached hydrogens (primary N) is 2. The molecule has 0 radical (unpaired) electrons. The maximum atomic E-state index is 8.25. The Hall–Kier alpha value is -1.50. The summed E-state index contributed by atoms with van der Waals surface area (Å²) in [5, 5.41) is 19.0. The normalized spacial score (nSPS) is 8.22. The minimum absolute atomic E-state index is 0. The number of rotatable bonds is 0. The Labute approximate surface area is 158 Å². The Balaban J connectivity index is -0.000000457. The van der Waals surface area contributed by atoms with Gasteiger partial charge >= 0.3 is 21.1 Å². The van der Waals surface area contributed by atoms with E-state index in [1.165, 1.54) is 5.39 Å². The summed E-state index contributed by atoms with van der Waals surface area (Å²) in [6.45, 7) is 0. The van der Waals surface area contributed by atoms with Crippen molar-refractivity contribution in [3.05, 3.63) is 81.3 Å². The van der Waals surface area contributed by atoms with E-state index in [9.17, 15) is 0 Å². The third kappa shape index (κ3) is 7.07. The second-order valence-electron chi connectivity index (χ2n) is 3.73. The molecule has 0 saturated heterocycles. The van der Waals surface area contributed by atoms with E-state index in [1.807, 2.05) is 36.5 Å². The molecule has 0 spiro atoms. The number of aromatic nitrogens is 1. The standard InChI is InChI=1S/C13H8ClN.ClH.NO3.2H2N.Pt/c14-10-5-6-12-11-4-2-1-3-9(11)8-15-13(12)7-10;;2-1(3)4;;;/h1-8H;1H;;2*1H2;/q;;3*-1;+4/p-1. The molecule has 126 valence electrons. The van der Waals surface area contributed by atoms with Crippen LogP contribution < -0.4 is 12.4 Å². The van der Waals surface area contributed by atoms with E-state index in [2.05, 4.69) is 17.1 Å². The van der Waals surface area contributed by atoms with Gasteiger partial charge in [0.15, 0.2) is 0 Å². The van der Waals surface area contributed by atoms with Gasteiger partial charge < -0.3 is 40.0 Å². The van der Waals surface area contributed by atoms with Crippen LogP contribution in [-0.4, -0.2) is 10.1 Å². The van der Waals surface area contributed by atoms with Crippen LogP contribution in [0.3, 0.4) is 0 Å². The molecule has 0 aliphatic heterocycles. The summed E-state index contributed by atoms with van der Waals surface area (Å²) in [6, 6.07) is 14.0. The van der Waals surface area contributed by atoms with Crippen molar-refractivity contribution in [1.82, 2.24) is 4.98 Å². The smallest absolute Gasteiger partial charge is 1.00 e. The summed E-state index contributed by atoms with van der Waals surface area (Å²) in [5.74, 6) is 0. The number of benzene rings is 2. The molecule has 10 heteroatoms. The minimum Gasteiger partial charge on any atom is -1.00 e. The van der Waals surface area contributed by atoms with Gasteiger partial charge in [0.05, 0.1) is 10.6 Å². The molecule has 0 bridgehead atoms. The molecule has 0 fully saturated rings. The first-order valence-corrected chi connectivity index (χ1v) is 5.70. The summed E-state index contributed by atoms with van der Waals surface area (Å²) in [7, 11) is 0. The van der Waals surface area contributed by atoms with E-state index in [-0.39, 0.29) is 45.8 Å². The van der Waals surface area contributed by atoms with E-state index in [4.69, 9.17) is 26.9 Å². The number of halogens is 2. The average Bonchev–Trinajstić information content (AvgIpc) is 2.37. The van der Waals surface area contributed by atoms with Crippen molar-refractivity contribution in [1.29, 1.82) is 0 Å². The molecule has 0 unspecified atom stereocenters. The fraction of sp³-hybridized carbons (Fsp3) is 0. The summed E-state index contributed by atoms with van der Waals surface area (Å²) in [6.07, 6.45) is 1.88. The van der Waals surface area contributed by atoms with Crippen molar-refractivity contribution in [2.75, 3.05) is 0 Å². The van der Waals surface area contributed by atoms with Gasteiger partial charge in [-0.3, -0.25) is 4.98 Å². The maximum absolute atomic E-state index is 8.25. The maximum Gasteiger partial charge on any atom is 4.00 e. The van der Waals surface area contributed by atoms with Crippen molar-refractivity contribution in [2.45, 2.75) is 0 Å². The molecule has 3 rings (SSSR count). The van der Waals surface area contributed by atoms with Gasteiger partial charge in [-0.05, 0) is 17.5 Å². The van der Waals surface area contributed by atoms with E-state index in [1.54, 1.807) is 0 Å². The first-order valence-electron chi connectivity index (χ1n) is 5.32. The van der Waals surface area contributed by atoms with E-state index in [0.717, 1.165) is 21.3 Å². The van der Waals surface area contributed by atoms with Crippen LogP contribution in [0.1, 0.15) is 0 Å². The van der Waals surface area contributed by atoms with Gasteiger partial charge in [-0.25, -0.2) is 0 Å². The molecule has 2 aromatic carbocycles. The largest absolute Gasteiger partial charge is 4.00 e. The molecular formula is C13H12Cl2N4O3Pt. The molecule has 3 aromatic rings. The first-order chi connectivity index (χ1) is 9.08. The van der Waals surface area contributed by atoms with Crippen molar-refractivity contribution in [2.24, 2.45) is 0 Å². The Bertz CT molecular complexity index is 757. The third-order valence-corrected chi connectivity index (χ3v) is 2.79. The molecule has 0 atom stereocenters. The fourth-order valence-electron chi connectivity index (χ4n) is 1.83. The van der Waals surface area contributed by atoms with Crippen LogP contribution in [-0.2, 0) is 21.1 Å². The van der Waals surface area contributed by atoms with Gasteiger partial charge in [-0.15, -0.1) is 0 Å². The Morgan fingerprint density at radius 2 is 1.57 bits per heavy atom. The number of pyridine rings is 1. The Morgan fingerprint density at radius 3 is 2.17 bits per heavy atom. The number of hydrogen-bond donors (Lipinski definition) is 0. The molecule has 0 amide bonds. The monoisotopic (exact) mass is 537 g/mol. The number of fused-ring (bicyclic) bond motifs is 3. The predicted octanol–water partition coefficient (Wildman–Crippen LogP) is 2.24. The topological polar surface area (TPSA) is 146 Å². The minimum atomic E-state index is -1.75. The van der Waals surface area contributed by atoms with Crippen molar-refractivity contribution < 1.29 is 38.6 Å². The van der Waals surface area contributed by atoms with Crippen molar-refractivity contribution >= 4 is 33.3 Å². The van der Waals surface area contributed by atoms with Gasteiger partial charge in [-0.2, -0.15) is 0 Å². The second-order valence-corrected chi connectivity index (χ2v) is 4.17. The molecule has 0 aliphatic carbocycles.